The summed E-state index contributed by atoms with van der Waals surface area (Å²) in [6, 6.07) is 16.4. The van der Waals surface area contributed by atoms with Crippen molar-refractivity contribution in [3.05, 3.63) is 76.1 Å². The number of hydrogen-bond donors (Lipinski definition) is 1. The number of halogens is 1. The highest BCUT2D eigenvalue weighted by atomic mass is 35.5. The molecule has 0 radical (unpaired) electrons. The molecule has 1 saturated carbocycles. The molecule has 0 spiro atoms. The Morgan fingerprint density at radius 2 is 1.81 bits per heavy atom. The average Bonchev–Trinajstić information content (AvgIpc) is 3.43. The summed E-state index contributed by atoms with van der Waals surface area (Å²) in [5, 5.41) is 5.39. The fourth-order valence-electron chi connectivity index (χ4n) is 3.97. The van der Waals surface area contributed by atoms with Crippen LogP contribution < -0.4 is 14.8 Å². The molecule has 1 aliphatic carbocycles. The Bertz CT molecular complexity index is 1390. The smallest absolute Gasteiger partial charge is 0.264 e. The Hall–Kier alpha value is -3.82. The van der Waals surface area contributed by atoms with E-state index >= 15 is 0 Å². The maximum Gasteiger partial charge on any atom is 0.264 e. The highest BCUT2D eigenvalue weighted by Crippen LogP contribution is 2.31. The van der Waals surface area contributed by atoms with Gasteiger partial charge in [0.2, 0.25) is 11.9 Å². The summed E-state index contributed by atoms with van der Waals surface area (Å²) < 4.78 is 12.6. The molecule has 2 heterocycles. The van der Waals surface area contributed by atoms with E-state index in [9.17, 15) is 9.59 Å². The van der Waals surface area contributed by atoms with Crippen molar-refractivity contribution in [1.82, 2.24) is 14.5 Å². The number of rotatable bonds is 9. The number of aromatic nitrogens is 2. The van der Waals surface area contributed by atoms with Gasteiger partial charge in [-0.2, -0.15) is 0 Å². The van der Waals surface area contributed by atoms with Gasteiger partial charge in [-0.05, 0) is 36.4 Å². The third kappa shape index (κ3) is 5.63. The molecule has 0 atom stereocenters. The van der Waals surface area contributed by atoms with Gasteiger partial charge in [0.25, 0.3) is 5.91 Å². The van der Waals surface area contributed by atoms with Gasteiger partial charge in [0.05, 0.1) is 30.5 Å². The lowest BCUT2D eigenvalue weighted by Crippen LogP contribution is -2.39. The number of nitrogens with one attached hydrogen (secondary N) is 1. The maximum absolute atomic E-state index is 13.2. The second kappa shape index (κ2) is 10.7. The fraction of sp³-hybridized carbons (Fsp3) is 0.222. The van der Waals surface area contributed by atoms with E-state index in [4.69, 9.17) is 26.1 Å². The van der Waals surface area contributed by atoms with Crippen LogP contribution in [0, 0.1) is 0 Å². The van der Waals surface area contributed by atoms with Crippen LogP contribution in [0.15, 0.2) is 66.2 Å². The molecule has 1 aliphatic rings. The highest BCUT2D eigenvalue weighted by molar-refractivity contribution is 7.12. The third-order valence-electron chi connectivity index (χ3n) is 6.01. The number of carbonyl (C=O) groups excluding carboxylic acids is 2. The SMILES string of the molecule is COc1cc(OC)cc(-n2cc(-c3ccc(Cl)cc3)nc2NC(=O)CN(C(=O)c2cccs2)C2CC2)c1. The number of benzene rings is 2. The quantitative estimate of drug-likeness (QED) is 0.305. The number of imidazole rings is 1. The van der Waals surface area contributed by atoms with Gasteiger partial charge >= 0.3 is 0 Å². The largest absolute Gasteiger partial charge is 0.497 e. The number of anilines is 1. The second-order valence-corrected chi connectivity index (χ2v) is 9.97. The lowest BCUT2D eigenvalue weighted by atomic mass is 10.2. The topological polar surface area (TPSA) is 85.7 Å². The van der Waals surface area contributed by atoms with Crippen molar-refractivity contribution < 1.29 is 19.1 Å². The number of ether oxygens (including phenoxy) is 2. The molecule has 2 aromatic heterocycles. The van der Waals surface area contributed by atoms with Crippen LogP contribution in [0.4, 0.5) is 5.95 Å². The molecule has 1 fully saturated rings. The zero-order valence-electron chi connectivity index (χ0n) is 20.3. The molecule has 37 heavy (non-hydrogen) atoms. The van der Waals surface area contributed by atoms with Gasteiger partial charge < -0.3 is 14.4 Å². The first-order valence-corrected chi connectivity index (χ1v) is 12.9. The van der Waals surface area contributed by atoms with E-state index in [0.29, 0.717) is 38.7 Å². The molecular formula is C27H25ClN4O4S. The fourth-order valence-corrected chi connectivity index (χ4v) is 4.78. The number of amides is 2. The molecule has 2 aromatic carbocycles. The Morgan fingerprint density at radius 1 is 1.11 bits per heavy atom. The predicted octanol–water partition coefficient (Wildman–Crippen LogP) is 5.51. The van der Waals surface area contributed by atoms with Crippen molar-refractivity contribution in [3.63, 3.8) is 0 Å². The maximum atomic E-state index is 13.2. The normalized spacial score (nSPS) is 12.7. The monoisotopic (exact) mass is 536 g/mol. The van der Waals surface area contributed by atoms with Gasteiger partial charge in [0, 0.05) is 41.0 Å². The third-order valence-corrected chi connectivity index (χ3v) is 7.12. The van der Waals surface area contributed by atoms with Crippen LogP contribution in [-0.2, 0) is 4.79 Å². The Kier molecular flexibility index (Phi) is 7.16. The number of thiophene rings is 1. The molecule has 10 heteroatoms. The van der Waals surface area contributed by atoms with E-state index in [2.05, 4.69) is 5.32 Å². The van der Waals surface area contributed by atoms with Gasteiger partial charge in [-0.1, -0.05) is 29.8 Å². The van der Waals surface area contributed by atoms with Crippen molar-refractivity contribution >= 4 is 40.7 Å². The first-order chi connectivity index (χ1) is 17.9. The molecule has 5 rings (SSSR count). The van der Waals surface area contributed by atoms with Crippen molar-refractivity contribution in [2.24, 2.45) is 0 Å². The van der Waals surface area contributed by atoms with Crippen LogP contribution >= 0.6 is 22.9 Å². The van der Waals surface area contributed by atoms with Crippen molar-refractivity contribution in [1.29, 1.82) is 0 Å². The van der Waals surface area contributed by atoms with Crippen LogP contribution in [0.1, 0.15) is 22.5 Å². The second-order valence-electron chi connectivity index (χ2n) is 8.59. The van der Waals surface area contributed by atoms with Crippen LogP contribution in [0.5, 0.6) is 11.5 Å². The minimum absolute atomic E-state index is 0.0635. The summed E-state index contributed by atoms with van der Waals surface area (Å²) in [4.78, 5) is 33.2. The Morgan fingerprint density at radius 3 is 2.41 bits per heavy atom. The van der Waals surface area contributed by atoms with E-state index in [1.807, 2.05) is 41.9 Å². The summed E-state index contributed by atoms with van der Waals surface area (Å²) in [5.74, 6) is 1.03. The molecule has 2 amide bonds. The van der Waals surface area contributed by atoms with Crippen LogP contribution in [-0.4, -0.2) is 53.1 Å². The average molecular weight is 537 g/mol. The van der Waals surface area contributed by atoms with Gasteiger partial charge in [0.1, 0.15) is 18.0 Å². The van der Waals surface area contributed by atoms with Gasteiger partial charge in [-0.25, -0.2) is 4.98 Å². The van der Waals surface area contributed by atoms with E-state index in [1.54, 1.807) is 48.0 Å². The standard InChI is InChI=1S/C27H25ClN4O4S/c1-35-21-12-20(13-22(14-21)36-2)32-15-23(17-5-7-18(28)8-6-17)29-27(32)30-25(33)16-31(19-9-10-19)26(34)24-4-3-11-37-24/h3-8,11-15,19H,9-10,16H2,1-2H3,(H,29,30,33). The molecule has 8 nitrogen and oxygen atoms in total. The van der Waals surface area contributed by atoms with E-state index < -0.39 is 0 Å². The number of hydrogen-bond acceptors (Lipinski definition) is 6. The zero-order valence-corrected chi connectivity index (χ0v) is 21.9. The van der Waals surface area contributed by atoms with E-state index in [-0.39, 0.29) is 24.4 Å². The molecule has 1 N–H and O–H groups in total. The summed E-state index contributed by atoms with van der Waals surface area (Å²) in [6.45, 7) is -0.0635. The molecule has 190 valence electrons. The van der Waals surface area contributed by atoms with Crippen LogP contribution in [0.2, 0.25) is 5.02 Å². The molecule has 0 unspecified atom stereocenters. The predicted molar refractivity (Wildman–Crippen MR) is 144 cm³/mol. The lowest BCUT2D eigenvalue weighted by molar-refractivity contribution is -0.117. The summed E-state index contributed by atoms with van der Waals surface area (Å²) in [5.41, 5.74) is 2.16. The number of nitrogens with zero attached hydrogens (tertiary/aromatic N) is 3. The molecule has 0 aliphatic heterocycles. The molecular weight excluding hydrogens is 512 g/mol. The van der Waals surface area contributed by atoms with Crippen LogP contribution in [0.25, 0.3) is 16.9 Å². The van der Waals surface area contributed by atoms with Crippen molar-refractivity contribution in [2.75, 3.05) is 26.1 Å². The Labute approximate surface area is 223 Å². The van der Waals surface area contributed by atoms with E-state index in [0.717, 1.165) is 18.4 Å². The number of carbonyl (C=O) groups is 2. The van der Waals surface area contributed by atoms with Crippen molar-refractivity contribution in [2.45, 2.75) is 18.9 Å². The number of methoxy groups -OCH3 is 2. The summed E-state index contributed by atoms with van der Waals surface area (Å²) in [7, 11) is 3.15. The first kappa shape index (κ1) is 24.9. The van der Waals surface area contributed by atoms with Gasteiger partial charge in [0.15, 0.2) is 0 Å². The molecule has 4 aromatic rings. The van der Waals surface area contributed by atoms with Gasteiger partial charge in [-0.15, -0.1) is 11.3 Å². The molecule has 0 saturated heterocycles. The summed E-state index contributed by atoms with van der Waals surface area (Å²) in [6.07, 6.45) is 3.61. The first-order valence-electron chi connectivity index (χ1n) is 11.7. The van der Waals surface area contributed by atoms with Crippen LogP contribution in [0.3, 0.4) is 0 Å². The minimum atomic E-state index is -0.332. The zero-order chi connectivity index (χ0) is 25.9. The summed E-state index contributed by atoms with van der Waals surface area (Å²) >= 11 is 7.44. The van der Waals surface area contributed by atoms with Gasteiger partial charge in [-0.3, -0.25) is 19.5 Å². The minimum Gasteiger partial charge on any atom is -0.497 e. The van der Waals surface area contributed by atoms with Crippen molar-refractivity contribution in [3.8, 4) is 28.4 Å². The lowest BCUT2D eigenvalue weighted by Gasteiger charge is -2.21. The van der Waals surface area contributed by atoms with E-state index in [1.165, 1.54) is 11.3 Å². The highest BCUT2D eigenvalue weighted by Gasteiger charge is 2.35. The molecule has 0 bridgehead atoms. The Balaban J connectivity index is 1.47.